The van der Waals surface area contributed by atoms with Crippen LogP contribution in [0.3, 0.4) is 0 Å². The van der Waals surface area contributed by atoms with E-state index in [1.165, 1.54) is 31.4 Å². The Kier molecular flexibility index (Phi) is 5.53. The molecule has 1 saturated carbocycles. The van der Waals surface area contributed by atoms with Crippen LogP contribution in [-0.4, -0.2) is 13.1 Å². The summed E-state index contributed by atoms with van der Waals surface area (Å²) in [6.07, 6.45) is 4.57. The predicted octanol–water partition coefficient (Wildman–Crippen LogP) is 4.17. The normalized spacial score (nSPS) is 26.7. The SMILES string of the molecule is CCNCC1CCC(C)CC1Cc1ccc(F)c(F)c1. The Hall–Kier alpha value is -0.960. The van der Waals surface area contributed by atoms with E-state index in [0.717, 1.165) is 31.0 Å². The molecule has 0 heterocycles. The summed E-state index contributed by atoms with van der Waals surface area (Å²) in [5.74, 6) is 0.481. The number of hydrogen-bond donors (Lipinski definition) is 1. The van der Waals surface area contributed by atoms with Gasteiger partial charge in [-0.05, 0) is 67.8 Å². The number of nitrogens with one attached hydrogen (secondary N) is 1. The Bertz CT molecular complexity index is 431. The minimum Gasteiger partial charge on any atom is -0.317 e. The van der Waals surface area contributed by atoms with Gasteiger partial charge in [0.1, 0.15) is 0 Å². The van der Waals surface area contributed by atoms with E-state index < -0.39 is 11.6 Å². The van der Waals surface area contributed by atoms with Crippen molar-refractivity contribution in [2.45, 2.75) is 39.5 Å². The van der Waals surface area contributed by atoms with Crippen LogP contribution < -0.4 is 5.32 Å². The van der Waals surface area contributed by atoms with Gasteiger partial charge < -0.3 is 5.32 Å². The van der Waals surface area contributed by atoms with Crippen molar-refractivity contribution in [3.63, 3.8) is 0 Å². The quantitative estimate of drug-likeness (QED) is 0.854. The second-order valence-corrected chi connectivity index (χ2v) is 6.20. The van der Waals surface area contributed by atoms with E-state index >= 15 is 0 Å². The van der Waals surface area contributed by atoms with Crippen molar-refractivity contribution in [1.29, 1.82) is 0 Å². The minimum atomic E-state index is -0.755. The average Bonchev–Trinajstić information content (AvgIpc) is 2.42. The van der Waals surface area contributed by atoms with Gasteiger partial charge in [0.2, 0.25) is 0 Å². The smallest absolute Gasteiger partial charge is 0.159 e. The molecule has 0 saturated heterocycles. The van der Waals surface area contributed by atoms with Crippen LogP contribution in [0, 0.1) is 29.4 Å². The van der Waals surface area contributed by atoms with Crippen molar-refractivity contribution in [3.8, 4) is 0 Å². The zero-order chi connectivity index (χ0) is 14.5. The van der Waals surface area contributed by atoms with Crippen molar-refractivity contribution in [3.05, 3.63) is 35.4 Å². The van der Waals surface area contributed by atoms with Gasteiger partial charge in [0.15, 0.2) is 11.6 Å². The summed E-state index contributed by atoms with van der Waals surface area (Å²) in [6, 6.07) is 4.33. The van der Waals surface area contributed by atoms with E-state index in [4.69, 9.17) is 0 Å². The summed E-state index contributed by atoms with van der Waals surface area (Å²) in [5, 5.41) is 3.43. The molecule has 20 heavy (non-hydrogen) atoms. The zero-order valence-electron chi connectivity index (χ0n) is 12.5. The van der Waals surface area contributed by atoms with Gasteiger partial charge in [-0.25, -0.2) is 8.78 Å². The van der Waals surface area contributed by atoms with Gasteiger partial charge >= 0.3 is 0 Å². The topological polar surface area (TPSA) is 12.0 Å². The Morgan fingerprint density at radius 2 is 1.95 bits per heavy atom. The summed E-state index contributed by atoms with van der Waals surface area (Å²) in [7, 11) is 0. The Balaban J connectivity index is 2.04. The maximum absolute atomic E-state index is 13.3. The molecule has 1 N–H and O–H groups in total. The van der Waals surface area contributed by atoms with Gasteiger partial charge in [0, 0.05) is 0 Å². The number of rotatable bonds is 5. The van der Waals surface area contributed by atoms with Gasteiger partial charge in [-0.15, -0.1) is 0 Å². The van der Waals surface area contributed by atoms with Gasteiger partial charge in [-0.1, -0.05) is 26.3 Å². The second kappa shape index (κ2) is 7.16. The lowest BCUT2D eigenvalue weighted by molar-refractivity contribution is 0.184. The molecule has 3 atom stereocenters. The van der Waals surface area contributed by atoms with Crippen LogP contribution in [0.2, 0.25) is 0 Å². The van der Waals surface area contributed by atoms with Crippen LogP contribution >= 0.6 is 0 Å². The largest absolute Gasteiger partial charge is 0.317 e. The molecule has 2 rings (SSSR count). The lowest BCUT2D eigenvalue weighted by Crippen LogP contribution is -2.33. The monoisotopic (exact) mass is 281 g/mol. The van der Waals surface area contributed by atoms with Crippen LogP contribution in [-0.2, 0) is 6.42 Å². The van der Waals surface area contributed by atoms with Crippen LogP contribution in [0.1, 0.15) is 38.7 Å². The highest BCUT2D eigenvalue weighted by atomic mass is 19.2. The highest BCUT2D eigenvalue weighted by Crippen LogP contribution is 2.35. The number of halogens is 2. The van der Waals surface area contributed by atoms with Gasteiger partial charge in [0.25, 0.3) is 0 Å². The maximum atomic E-state index is 13.3. The average molecular weight is 281 g/mol. The fourth-order valence-electron chi connectivity index (χ4n) is 3.38. The third-order valence-electron chi connectivity index (χ3n) is 4.54. The molecular weight excluding hydrogens is 256 g/mol. The van der Waals surface area contributed by atoms with Crippen molar-refractivity contribution < 1.29 is 8.78 Å². The molecule has 1 aromatic carbocycles. The van der Waals surface area contributed by atoms with E-state index in [-0.39, 0.29) is 0 Å². The van der Waals surface area contributed by atoms with E-state index in [9.17, 15) is 8.78 Å². The molecular formula is C17H25F2N. The maximum Gasteiger partial charge on any atom is 0.159 e. The van der Waals surface area contributed by atoms with Crippen molar-refractivity contribution in [2.24, 2.45) is 17.8 Å². The minimum absolute atomic E-state index is 0.572. The number of benzene rings is 1. The second-order valence-electron chi connectivity index (χ2n) is 6.20. The molecule has 0 aliphatic heterocycles. The highest BCUT2D eigenvalue weighted by Gasteiger charge is 2.28. The first kappa shape index (κ1) is 15.4. The molecule has 1 aromatic rings. The van der Waals surface area contributed by atoms with Crippen LogP contribution in [0.15, 0.2) is 18.2 Å². The molecule has 112 valence electrons. The summed E-state index contributed by atoms with van der Waals surface area (Å²) < 4.78 is 26.3. The summed E-state index contributed by atoms with van der Waals surface area (Å²) >= 11 is 0. The Morgan fingerprint density at radius 3 is 2.65 bits per heavy atom. The third-order valence-corrected chi connectivity index (χ3v) is 4.54. The van der Waals surface area contributed by atoms with Gasteiger partial charge in [-0.2, -0.15) is 0 Å². The van der Waals surface area contributed by atoms with Crippen LogP contribution in [0.25, 0.3) is 0 Å². The standard InChI is InChI=1S/C17H25F2N/c1-3-20-11-14-6-4-12(2)8-15(14)9-13-5-7-16(18)17(19)10-13/h5,7,10,12,14-15,20H,3-4,6,8-9,11H2,1-2H3. The third kappa shape index (κ3) is 4.02. The number of hydrogen-bond acceptors (Lipinski definition) is 1. The molecule has 3 unspecified atom stereocenters. The van der Waals surface area contributed by atoms with E-state index in [2.05, 4.69) is 19.2 Å². The van der Waals surface area contributed by atoms with E-state index in [1.807, 2.05) is 0 Å². The van der Waals surface area contributed by atoms with E-state index in [0.29, 0.717) is 11.8 Å². The first-order valence-electron chi connectivity index (χ1n) is 7.74. The molecule has 1 nitrogen and oxygen atoms in total. The fraction of sp³-hybridized carbons (Fsp3) is 0.647. The lowest BCUT2D eigenvalue weighted by atomic mass is 9.72. The van der Waals surface area contributed by atoms with E-state index in [1.54, 1.807) is 6.07 Å². The first-order chi connectivity index (χ1) is 9.60. The zero-order valence-corrected chi connectivity index (χ0v) is 12.5. The van der Waals surface area contributed by atoms with Crippen molar-refractivity contribution in [2.75, 3.05) is 13.1 Å². The summed E-state index contributed by atoms with van der Waals surface area (Å²) in [4.78, 5) is 0. The molecule has 0 amide bonds. The van der Waals surface area contributed by atoms with Gasteiger partial charge in [-0.3, -0.25) is 0 Å². The molecule has 1 aliphatic carbocycles. The first-order valence-corrected chi connectivity index (χ1v) is 7.74. The summed E-state index contributed by atoms with van der Waals surface area (Å²) in [6.45, 7) is 6.44. The molecule has 1 fully saturated rings. The predicted molar refractivity (Wildman–Crippen MR) is 78.6 cm³/mol. The Morgan fingerprint density at radius 1 is 1.15 bits per heavy atom. The molecule has 3 heteroatoms. The van der Waals surface area contributed by atoms with Crippen molar-refractivity contribution >= 4 is 0 Å². The van der Waals surface area contributed by atoms with Crippen LogP contribution in [0.5, 0.6) is 0 Å². The molecule has 0 radical (unpaired) electrons. The van der Waals surface area contributed by atoms with Crippen molar-refractivity contribution in [1.82, 2.24) is 5.32 Å². The molecule has 0 bridgehead atoms. The van der Waals surface area contributed by atoms with Gasteiger partial charge in [0.05, 0.1) is 0 Å². The molecule has 1 aliphatic rings. The molecule has 0 aromatic heterocycles. The van der Waals surface area contributed by atoms with Crippen LogP contribution in [0.4, 0.5) is 8.78 Å². The highest BCUT2D eigenvalue weighted by molar-refractivity contribution is 5.18. The summed E-state index contributed by atoms with van der Waals surface area (Å²) in [5.41, 5.74) is 0.921. The fourth-order valence-corrected chi connectivity index (χ4v) is 3.38. The lowest BCUT2D eigenvalue weighted by Gasteiger charge is -2.35. The Labute approximate surface area is 120 Å². The molecule has 0 spiro atoms.